The maximum absolute atomic E-state index is 13.2. The van der Waals surface area contributed by atoms with Crippen LogP contribution in [0.3, 0.4) is 0 Å². The van der Waals surface area contributed by atoms with E-state index in [2.05, 4.69) is 20.8 Å². The molecule has 4 heteroatoms. The molecule has 5 rings (SSSR count). The summed E-state index contributed by atoms with van der Waals surface area (Å²) in [6.07, 6.45) is 6.21. The van der Waals surface area contributed by atoms with E-state index >= 15 is 0 Å². The summed E-state index contributed by atoms with van der Waals surface area (Å²) in [6.45, 7) is 8.37. The topological polar surface area (TPSA) is 55.8 Å². The number of ether oxygens (including phenoxy) is 2. The zero-order valence-electron chi connectivity index (χ0n) is 18.0. The Morgan fingerprint density at radius 2 is 1.90 bits per heavy atom. The standard InChI is InChI=1S/C26H28O4/c1-15-5-7-16(8-6-15)9-10-19(27)23-20(28)13-21-22-17-14-26(4,29-21)12-11-18(17)25(2,3)30-24(22)23/h5-10,13,17-18,28H,11-12,14H2,1-4H3/b10-9+. The number of hydrogen-bond acceptors (Lipinski definition) is 4. The fourth-order valence-corrected chi connectivity index (χ4v) is 5.55. The van der Waals surface area contributed by atoms with E-state index in [0.29, 0.717) is 17.4 Å². The molecule has 30 heavy (non-hydrogen) atoms. The fraction of sp³-hybridized carbons (Fsp3) is 0.423. The average molecular weight is 405 g/mol. The average Bonchev–Trinajstić information content (AvgIpc) is 2.65. The molecule has 2 aromatic carbocycles. The van der Waals surface area contributed by atoms with E-state index in [-0.39, 0.29) is 28.6 Å². The molecule has 3 unspecified atom stereocenters. The number of allylic oxidation sites excluding steroid dienone is 1. The molecule has 2 aliphatic heterocycles. The van der Waals surface area contributed by atoms with Gasteiger partial charge >= 0.3 is 0 Å². The first-order valence-electron chi connectivity index (χ1n) is 10.7. The lowest BCUT2D eigenvalue weighted by atomic mass is 9.61. The van der Waals surface area contributed by atoms with Crippen LogP contribution in [0.25, 0.3) is 6.08 Å². The Bertz CT molecular complexity index is 1060. The lowest BCUT2D eigenvalue weighted by Crippen LogP contribution is -2.54. The molecule has 2 heterocycles. The van der Waals surface area contributed by atoms with Gasteiger partial charge < -0.3 is 14.6 Å². The Morgan fingerprint density at radius 1 is 1.17 bits per heavy atom. The van der Waals surface area contributed by atoms with Crippen LogP contribution in [0.4, 0.5) is 0 Å². The number of phenols is 1. The Balaban J connectivity index is 1.60. The molecule has 1 saturated carbocycles. The molecular weight excluding hydrogens is 376 g/mol. The first-order chi connectivity index (χ1) is 14.2. The van der Waals surface area contributed by atoms with Crippen LogP contribution in [0.2, 0.25) is 0 Å². The Labute approximate surface area is 177 Å². The molecule has 2 aromatic rings. The van der Waals surface area contributed by atoms with Crippen molar-refractivity contribution in [1.29, 1.82) is 0 Å². The quantitative estimate of drug-likeness (QED) is 0.519. The molecule has 1 aliphatic carbocycles. The Hall–Kier alpha value is -2.75. The number of aromatic hydroxyl groups is 1. The summed E-state index contributed by atoms with van der Waals surface area (Å²) in [4.78, 5) is 13.2. The van der Waals surface area contributed by atoms with Crippen molar-refractivity contribution in [1.82, 2.24) is 0 Å². The minimum absolute atomic E-state index is 0.0832. The van der Waals surface area contributed by atoms with Crippen LogP contribution in [-0.4, -0.2) is 22.1 Å². The molecule has 0 aromatic heterocycles. The van der Waals surface area contributed by atoms with E-state index in [4.69, 9.17) is 9.47 Å². The second-order valence-corrected chi connectivity index (χ2v) is 9.83. The van der Waals surface area contributed by atoms with Gasteiger partial charge in [0.05, 0.1) is 0 Å². The van der Waals surface area contributed by atoms with Crippen molar-refractivity contribution in [2.75, 3.05) is 0 Å². The molecule has 3 atom stereocenters. The molecule has 0 spiro atoms. The number of rotatable bonds is 3. The number of hydrogen-bond donors (Lipinski definition) is 1. The summed E-state index contributed by atoms with van der Waals surface area (Å²) < 4.78 is 12.7. The zero-order valence-corrected chi connectivity index (χ0v) is 18.0. The number of carbonyl (C=O) groups excluding carboxylic acids is 1. The van der Waals surface area contributed by atoms with E-state index < -0.39 is 5.60 Å². The molecule has 0 amide bonds. The number of phenolic OH excluding ortho intramolecular Hbond substituents is 1. The van der Waals surface area contributed by atoms with Crippen molar-refractivity contribution in [2.24, 2.45) is 5.92 Å². The molecule has 0 radical (unpaired) electrons. The third-order valence-electron chi connectivity index (χ3n) is 7.12. The van der Waals surface area contributed by atoms with Crippen LogP contribution >= 0.6 is 0 Å². The van der Waals surface area contributed by atoms with Crippen molar-refractivity contribution in [2.45, 2.75) is 64.1 Å². The molecule has 2 bridgehead atoms. The van der Waals surface area contributed by atoms with Crippen LogP contribution in [0.1, 0.15) is 73.0 Å². The highest BCUT2D eigenvalue weighted by atomic mass is 16.5. The lowest BCUT2D eigenvalue weighted by Gasteiger charge is -2.55. The first kappa shape index (κ1) is 19.2. The normalized spacial score (nSPS) is 28.0. The lowest BCUT2D eigenvalue weighted by molar-refractivity contribution is -0.0731. The van der Waals surface area contributed by atoms with E-state index in [1.807, 2.05) is 31.2 Å². The number of carbonyl (C=O) groups is 1. The highest BCUT2D eigenvalue weighted by Gasteiger charge is 2.55. The molecule has 1 fully saturated rings. The minimum Gasteiger partial charge on any atom is -0.507 e. The van der Waals surface area contributed by atoms with Crippen LogP contribution in [0.15, 0.2) is 36.4 Å². The summed E-state index contributed by atoms with van der Waals surface area (Å²) in [5.41, 5.74) is 2.68. The van der Waals surface area contributed by atoms with Gasteiger partial charge in [0.1, 0.15) is 34.0 Å². The monoisotopic (exact) mass is 404 g/mol. The van der Waals surface area contributed by atoms with Gasteiger partial charge in [-0.1, -0.05) is 35.9 Å². The van der Waals surface area contributed by atoms with E-state index in [9.17, 15) is 9.90 Å². The molecule has 3 aliphatic rings. The third-order valence-corrected chi connectivity index (χ3v) is 7.12. The van der Waals surface area contributed by atoms with Gasteiger partial charge in [0, 0.05) is 23.5 Å². The summed E-state index contributed by atoms with van der Waals surface area (Å²) in [5, 5.41) is 10.8. The molecule has 156 valence electrons. The SMILES string of the molecule is Cc1ccc(/C=C/C(=O)c2c(O)cc3c4c2OC(C)(C)C2CCC(C)(CC42)O3)cc1. The summed E-state index contributed by atoms with van der Waals surface area (Å²) in [6, 6.07) is 9.56. The van der Waals surface area contributed by atoms with Gasteiger partial charge in [-0.05, 0) is 58.6 Å². The maximum Gasteiger partial charge on any atom is 0.193 e. The molecule has 0 saturated heterocycles. The highest BCUT2D eigenvalue weighted by Crippen LogP contribution is 2.61. The Kier molecular flexibility index (Phi) is 4.08. The minimum atomic E-state index is -0.406. The molecule has 1 N–H and O–H groups in total. The number of fused-ring (bicyclic) bond motifs is 1. The van der Waals surface area contributed by atoms with Gasteiger partial charge in [0.15, 0.2) is 5.78 Å². The van der Waals surface area contributed by atoms with Gasteiger partial charge in [-0.25, -0.2) is 0 Å². The van der Waals surface area contributed by atoms with Crippen molar-refractivity contribution in [3.63, 3.8) is 0 Å². The van der Waals surface area contributed by atoms with Crippen molar-refractivity contribution >= 4 is 11.9 Å². The van der Waals surface area contributed by atoms with Gasteiger partial charge in [0.25, 0.3) is 0 Å². The van der Waals surface area contributed by atoms with E-state index in [0.717, 1.165) is 30.4 Å². The molecular formula is C26H28O4. The van der Waals surface area contributed by atoms with Gasteiger partial charge in [0.2, 0.25) is 0 Å². The Morgan fingerprint density at radius 3 is 2.63 bits per heavy atom. The van der Waals surface area contributed by atoms with Crippen LogP contribution in [0, 0.1) is 12.8 Å². The van der Waals surface area contributed by atoms with Crippen molar-refractivity contribution < 1.29 is 19.4 Å². The molecule has 4 nitrogen and oxygen atoms in total. The highest BCUT2D eigenvalue weighted by molar-refractivity contribution is 6.11. The maximum atomic E-state index is 13.2. The summed E-state index contributed by atoms with van der Waals surface area (Å²) in [5.74, 6) is 1.47. The third kappa shape index (κ3) is 2.92. The largest absolute Gasteiger partial charge is 0.507 e. The number of benzene rings is 2. The van der Waals surface area contributed by atoms with E-state index in [1.165, 1.54) is 11.6 Å². The first-order valence-corrected chi connectivity index (χ1v) is 10.7. The van der Waals surface area contributed by atoms with Gasteiger partial charge in [-0.3, -0.25) is 4.79 Å². The van der Waals surface area contributed by atoms with Gasteiger partial charge in [-0.2, -0.15) is 0 Å². The van der Waals surface area contributed by atoms with Crippen LogP contribution in [0.5, 0.6) is 17.2 Å². The van der Waals surface area contributed by atoms with Crippen LogP contribution in [-0.2, 0) is 0 Å². The van der Waals surface area contributed by atoms with Crippen LogP contribution < -0.4 is 9.47 Å². The zero-order chi connectivity index (χ0) is 21.3. The fourth-order valence-electron chi connectivity index (χ4n) is 5.55. The van der Waals surface area contributed by atoms with Crippen molar-refractivity contribution in [3.05, 3.63) is 58.7 Å². The summed E-state index contributed by atoms with van der Waals surface area (Å²) in [7, 11) is 0. The van der Waals surface area contributed by atoms with Gasteiger partial charge in [-0.15, -0.1) is 0 Å². The smallest absolute Gasteiger partial charge is 0.193 e. The second-order valence-electron chi connectivity index (χ2n) is 9.83. The van der Waals surface area contributed by atoms with E-state index in [1.54, 1.807) is 12.1 Å². The number of ketones is 1. The number of aryl methyl sites for hydroxylation is 1. The predicted octanol–water partition coefficient (Wildman–Crippen LogP) is 5.80. The van der Waals surface area contributed by atoms with Crippen molar-refractivity contribution in [3.8, 4) is 17.2 Å². The predicted molar refractivity (Wildman–Crippen MR) is 116 cm³/mol. The second kappa shape index (κ2) is 6.37. The summed E-state index contributed by atoms with van der Waals surface area (Å²) >= 11 is 0.